The average molecular weight is 434 g/mol. The van der Waals surface area contributed by atoms with Crippen molar-refractivity contribution in [2.75, 3.05) is 6.61 Å². The number of halogens is 4. The predicted octanol–water partition coefficient (Wildman–Crippen LogP) is 4.84. The number of nitriles is 1. The van der Waals surface area contributed by atoms with Crippen LogP contribution in [0.4, 0.5) is 13.2 Å². The minimum Gasteiger partial charge on any atom is -0.471 e. The minimum absolute atomic E-state index is 0.0380. The summed E-state index contributed by atoms with van der Waals surface area (Å²) in [7, 11) is 0. The molecule has 0 unspecified atom stereocenters. The van der Waals surface area contributed by atoms with Gasteiger partial charge in [0.2, 0.25) is 5.75 Å². The van der Waals surface area contributed by atoms with Crippen LogP contribution in [-0.2, 0) is 12.7 Å². The van der Waals surface area contributed by atoms with Gasteiger partial charge in [-0.1, -0.05) is 41.9 Å². The first-order valence-corrected chi connectivity index (χ1v) is 9.12. The maximum absolute atomic E-state index is 13.3. The van der Waals surface area contributed by atoms with E-state index in [1.807, 2.05) is 31.2 Å². The van der Waals surface area contributed by atoms with Crippen LogP contribution >= 0.6 is 11.6 Å². The summed E-state index contributed by atoms with van der Waals surface area (Å²) in [6.45, 7) is 1.71. The minimum atomic E-state index is -4.66. The van der Waals surface area contributed by atoms with E-state index in [1.54, 1.807) is 6.07 Å². The maximum atomic E-state index is 13.3. The van der Waals surface area contributed by atoms with Crippen LogP contribution in [0.25, 0.3) is 11.4 Å². The zero-order valence-corrected chi connectivity index (χ0v) is 16.5. The molecular formula is C21H15ClF3N3O2. The van der Waals surface area contributed by atoms with E-state index in [-0.39, 0.29) is 30.3 Å². The number of rotatable bonds is 5. The van der Waals surface area contributed by atoms with Crippen molar-refractivity contribution in [2.24, 2.45) is 0 Å². The largest absolute Gasteiger partial charge is 0.471 e. The highest BCUT2D eigenvalue weighted by Gasteiger charge is 2.34. The molecule has 0 spiro atoms. The molecule has 9 heteroatoms. The second-order valence-corrected chi connectivity index (χ2v) is 6.78. The Morgan fingerprint density at radius 3 is 2.60 bits per heavy atom. The lowest BCUT2D eigenvalue weighted by Crippen LogP contribution is -2.19. The van der Waals surface area contributed by atoms with Crippen molar-refractivity contribution in [1.29, 1.82) is 5.26 Å². The number of aromatic nitrogens is 2. The highest BCUT2D eigenvalue weighted by molar-refractivity contribution is 6.34. The van der Waals surface area contributed by atoms with E-state index < -0.39 is 22.3 Å². The van der Waals surface area contributed by atoms with E-state index in [9.17, 15) is 18.0 Å². The van der Waals surface area contributed by atoms with Crippen LogP contribution in [0, 0.1) is 18.3 Å². The first kappa shape index (κ1) is 21.4. The molecule has 1 heterocycles. The first-order valence-electron chi connectivity index (χ1n) is 8.74. The molecule has 3 aromatic rings. The van der Waals surface area contributed by atoms with Gasteiger partial charge in [0.15, 0.2) is 6.61 Å². The molecule has 0 aliphatic carbocycles. The van der Waals surface area contributed by atoms with Crippen molar-refractivity contribution >= 4 is 11.6 Å². The highest BCUT2D eigenvalue weighted by atomic mass is 35.5. The van der Waals surface area contributed by atoms with Gasteiger partial charge in [0.05, 0.1) is 16.8 Å². The summed E-state index contributed by atoms with van der Waals surface area (Å²) in [5, 5.41) is 8.15. The van der Waals surface area contributed by atoms with Crippen LogP contribution in [0.2, 0.25) is 5.02 Å². The Hall–Kier alpha value is -3.31. The molecule has 1 aromatic heterocycles. The van der Waals surface area contributed by atoms with E-state index in [1.165, 1.54) is 22.9 Å². The quantitative estimate of drug-likeness (QED) is 0.577. The fraction of sp³-hybridized carbons (Fsp3) is 0.190. The molecule has 0 saturated carbocycles. The number of aryl methyl sites for hydroxylation is 1. The van der Waals surface area contributed by atoms with Gasteiger partial charge in [-0.15, -0.1) is 0 Å². The van der Waals surface area contributed by atoms with Crippen molar-refractivity contribution in [3.8, 4) is 23.2 Å². The number of alkyl halides is 3. The third-order valence-corrected chi connectivity index (χ3v) is 4.81. The van der Waals surface area contributed by atoms with Crippen LogP contribution in [-0.4, -0.2) is 16.2 Å². The summed E-state index contributed by atoms with van der Waals surface area (Å²) in [6.07, 6.45) is -3.34. The van der Waals surface area contributed by atoms with Crippen molar-refractivity contribution in [1.82, 2.24) is 9.55 Å². The van der Waals surface area contributed by atoms with E-state index in [4.69, 9.17) is 21.6 Å². The highest BCUT2D eigenvalue weighted by Crippen LogP contribution is 2.39. The van der Waals surface area contributed by atoms with Gasteiger partial charge in [0.1, 0.15) is 11.9 Å². The SMILES string of the molecule is Cc1ccccc1Cn1cc(OCC#N)c(=O)nc1-c1cccc(C(F)(F)F)c1Cl. The molecule has 0 saturated heterocycles. The molecule has 0 atom stereocenters. The fourth-order valence-corrected chi connectivity index (χ4v) is 3.23. The van der Waals surface area contributed by atoms with Gasteiger partial charge in [-0.25, -0.2) is 0 Å². The Balaban J connectivity index is 2.21. The Kier molecular flexibility index (Phi) is 6.13. The normalized spacial score (nSPS) is 11.2. The third-order valence-electron chi connectivity index (χ3n) is 4.40. The van der Waals surface area contributed by atoms with Crippen molar-refractivity contribution in [2.45, 2.75) is 19.6 Å². The number of nitrogens with zero attached hydrogens (tertiary/aromatic N) is 3. The number of benzene rings is 2. The van der Waals surface area contributed by atoms with E-state index in [2.05, 4.69) is 4.98 Å². The second kappa shape index (κ2) is 8.59. The first-order chi connectivity index (χ1) is 14.2. The van der Waals surface area contributed by atoms with Gasteiger partial charge >= 0.3 is 11.7 Å². The van der Waals surface area contributed by atoms with E-state index in [0.29, 0.717) is 0 Å². The molecule has 0 aliphatic heterocycles. The molecule has 0 fully saturated rings. The monoisotopic (exact) mass is 433 g/mol. The molecule has 0 aliphatic rings. The predicted molar refractivity (Wildman–Crippen MR) is 105 cm³/mol. The molecule has 0 radical (unpaired) electrons. The van der Waals surface area contributed by atoms with Crippen molar-refractivity contribution < 1.29 is 17.9 Å². The number of ether oxygens (including phenoxy) is 1. The van der Waals surface area contributed by atoms with Gasteiger partial charge in [-0.05, 0) is 30.2 Å². The molecule has 0 amide bonds. The summed E-state index contributed by atoms with van der Waals surface area (Å²) in [6, 6.07) is 12.6. The van der Waals surface area contributed by atoms with E-state index >= 15 is 0 Å². The zero-order chi connectivity index (χ0) is 21.9. The summed E-state index contributed by atoms with van der Waals surface area (Å²) in [5.74, 6) is -0.222. The Bertz CT molecular complexity index is 1180. The van der Waals surface area contributed by atoms with E-state index in [0.717, 1.165) is 17.2 Å². The average Bonchev–Trinajstić information content (AvgIpc) is 2.69. The molecule has 30 heavy (non-hydrogen) atoms. The second-order valence-electron chi connectivity index (χ2n) is 6.40. The topological polar surface area (TPSA) is 67.9 Å². The molecule has 3 rings (SSSR count). The Morgan fingerprint density at radius 1 is 1.20 bits per heavy atom. The van der Waals surface area contributed by atoms with Crippen molar-refractivity contribution in [3.63, 3.8) is 0 Å². The number of hydrogen-bond donors (Lipinski definition) is 0. The maximum Gasteiger partial charge on any atom is 0.417 e. The molecule has 0 bridgehead atoms. The number of hydrogen-bond acceptors (Lipinski definition) is 4. The summed E-state index contributed by atoms with van der Waals surface area (Å²) in [4.78, 5) is 16.3. The zero-order valence-electron chi connectivity index (χ0n) is 15.7. The molecule has 0 N–H and O–H groups in total. The summed E-state index contributed by atoms with van der Waals surface area (Å²) < 4.78 is 46.5. The fourth-order valence-electron chi connectivity index (χ4n) is 2.91. The molecule has 2 aromatic carbocycles. The lowest BCUT2D eigenvalue weighted by atomic mass is 10.1. The van der Waals surface area contributed by atoms with Crippen LogP contribution < -0.4 is 10.3 Å². The van der Waals surface area contributed by atoms with Gasteiger partial charge in [0.25, 0.3) is 0 Å². The van der Waals surface area contributed by atoms with Crippen LogP contribution in [0.3, 0.4) is 0 Å². The van der Waals surface area contributed by atoms with Crippen molar-refractivity contribution in [3.05, 3.63) is 80.7 Å². The third kappa shape index (κ3) is 4.47. The molecular weight excluding hydrogens is 419 g/mol. The lowest BCUT2D eigenvalue weighted by Gasteiger charge is -2.18. The van der Waals surface area contributed by atoms with Gasteiger partial charge in [-0.3, -0.25) is 4.79 Å². The van der Waals surface area contributed by atoms with Gasteiger partial charge < -0.3 is 9.30 Å². The smallest absolute Gasteiger partial charge is 0.417 e. The Labute approximate surface area is 174 Å². The lowest BCUT2D eigenvalue weighted by molar-refractivity contribution is -0.137. The summed E-state index contributed by atoms with van der Waals surface area (Å²) >= 11 is 6.06. The standard InChI is InChI=1S/C21H15ClF3N3O2/c1-13-5-2-3-6-14(13)11-28-12-17(30-10-9-26)20(29)27-19(28)15-7-4-8-16(18(15)22)21(23,24)25/h2-8,12H,10-11H2,1H3. The van der Waals surface area contributed by atoms with Gasteiger partial charge in [-0.2, -0.15) is 23.4 Å². The molecule has 154 valence electrons. The van der Waals surface area contributed by atoms with Crippen LogP contribution in [0.5, 0.6) is 5.75 Å². The van der Waals surface area contributed by atoms with Crippen LogP contribution in [0.15, 0.2) is 53.5 Å². The summed E-state index contributed by atoms with van der Waals surface area (Å²) in [5.41, 5.74) is -0.0720. The van der Waals surface area contributed by atoms with Gasteiger partial charge in [0, 0.05) is 12.1 Å². The van der Waals surface area contributed by atoms with Crippen LogP contribution in [0.1, 0.15) is 16.7 Å². The Morgan fingerprint density at radius 2 is 1.93 bits per heavy atom. The molecule has 5 nitrogen and oxygen atoms in total.